The topological polar surface area (TPSA) is 8.81 Å². The maximum absolute atomic E-state index is 9.75. The molecular formula is C24H37BF4N2. The van der Waals surface area contributed by atoms with Gasteiger partial charge in [0.25, 0.3) is 0 Å². The van der Waals surface area contributed by atoms with E-state index < -0.39 is 7.25 Å². The molecule has 0 amide bonds. The number of rotatable bonds is 2. The molecule has 0 saturated heterocycles. The molecule has 174 valence electrons. The summed E-state index contributed by atoms with van der Waals surface area (Å²) >= 11 is 0. The monoisotopic (exact) mass is 440 g/mol. The summed E-state index contributed by atoms with van der Waals surface area (Å²) in [4.78, 5) is 0. The molecule has 0 aliphatic heterocycles. The molecule has 2 aromatic rings. The van der Waals surface area contributed by atoms with Crippen LogP contribution >= 0.6 is 0 Å². The lowest BCUT2D eigenvalue weighted by Gasteiger charge is -2.15. The van der Waals surface area contributed by atoms with Crippen molar-refractivity contribution >= 4 is 7.25 Å². The second-order valence-electron chi connectivity index (χ2n) is 8.92. The minimum atomic E-state index is -6.00. The van der Waals surface area contributed by atoms with Gasteiger partial charge in [-0.1, -0.05) is 62.6 Å². The van der Waals surface area contributed by atoms with Gasteiger partial charge in [-0.05, 0) is 57.6 Å². The van der Waals surface area contributed by atoms with Crippen LogP contribution in [-0.4, -0.2) is 11.8 Å². The SMILES string of the molecule is Cc1cc(C)c(-n2cc[n+](C3CCCCCCCCCCC3)c2)c(C)c1.F[B-](F)(F)F. The Morgan fingerprint density at radius 2 is 1.19 bits per heavy atom. The fourth-order valence-corrected chi connectivity index (χ4v) is 4.74. The first kappa shape index (κ1) is 25.5. The Kier molecular flexibility index (Phi) is 10.1. The van der Waals surface area contributed by atoms with Crippen molar-refractivity contribution in [1.82, 2.24) is 4.57 Å². The minimum Gasteiger partial charge on any atom is -0.418 e. The van der Waals surface area contributed by atoms with E-state index in [1.54, 1.807) is 0 Å². The molecule has 0 N–H and O–H groups in total. The smallest absolute Gasteiger partial charge is 0.418 e. The van der Waals surface area contributed by atoms with Crippen LogP contribution in [0.5, 0.6) is 0 Å². The van der Waals surface area contributed by atoms with E-state index in [1.807, 2.05) is 0 Å². The second kappa shape index (κ2) is 12.3. The standard InChI is InChI=1S/C24H37N2.BF4/c1-20-17-21(2)24(22(3)18-20)26-16-15-25(19-26)23-13-11-9-7-5-4-6-8-10-12-14-23;2-1(3,4)5/h15-19,23H,4-14H2,1-3H3;/q+1;-1. The van der Waals surface area contributed by atoms with Gasteiger partial charge >= 0.3 is 7.25 Å². The van der Waals surface area contributed by atoms with E-state index in [4.69, 9.17) is 0 Å². The number of aryl methyl sites for hydroxylation is 3. The Morgan fingerprint density at radius 1 is 0.774 bits per heavy atom. The Bertz CT molecular complexity index is 760. The molecule has 1 aromatic heterocycles. The highest BCUT2D eigenvalue weighted by molar-refractivity contribution is 6.50. The zero-order chi connectivity index (χ0) is 22.9. The quantitative estimate of drug-likeness (QED) is 0.256. The van der Waals surface area contributed by atoms with Crippen LogP contribution in [0.3, 0.4) is 0 Å². The summed E-state index contributed by atoms with van der Waals surface area (Å²) in [6.45, 7) is 6.65. The zero-order valence-electron chi connectivity index (χ0n) is 19.2. The Balaban J connectivity index is 0.000000614. The maximum atomic E-state index is 9.75. The maximum Gasteiger partial charge on any atom is 0.673 e. The van der Waals surface area contributed by atoms with Crippen molar-refractivity contribution in [2.45, 2.75) is 97.4 Å². The Hall–Kier alpha value is -1.79. The number of benzene rings is 1. The summed E-state index contributed by atoms with van der Waals surface area (Å²) in [5, 5.41) is 0. The van der Waals surface area contributed by atoms with Crippen molar-refractivity contribution in [3.05, 3.63) is 47.5 Å². The van der Waals surface area contributed by atoms with E-state index in [0.717, 1.165) is 0 Å². The Labute approximate surface area is 184 Å². The van der Waals surface area contributed by atoms with E-state index >= 15 is 0 Å². The molecule has 0 bridgehead atoms. The third-order valence-corrected chi connectivity index (χ3v) is 6.05. The molecule has 0 radical (unpaired) electrons. The average Bonchev–Trinajstić information content (AvgIpc) is 3.09. The first-order chi connectivity index (χ1) is 14.6. The van der Waals surface area contributed by atoms with Crippen molar-refractivity contribution < 1.29 is 21.8 Å². The van der Waals surface area contributed by atoms with Crippen molar-refractivity contribution in [1.29, 1.82) is 0 Å². The van der Waals surface area contributed by atoms with Gasteiger partial charge in [0.2, 0.25) is 6.33 Å². The van der Waals surface area contributed by atoms with Gasteiger partial charge in [0.1, 0.15) is 24.1 Å². The molecule has 1 heterocycles. The van der Waals surface area contributed by atoms with Crippen LogP contribution < -0.4 is 4.57 Å². The van der Waals surface area contributed by atoms with Crippen LogP contribution in [-0.2, 0) is 0 Å². The molecule has 3 rings (SSSR count). The molecule has 7 heteroatoms. The van der Waals surface area contributed by atoms with E-state index in [0.29, 0.717) is 6.04 Å². The minimum absolute atomic E-state index is 0.668. The van der Waals surface area contributed by atoms with E-state index in [9.17, 15) is 17.3 Å². The zero-order valence-corrected chi connectivity index (χ0v) is 19.2. The number of aromatic nitrogens is 2. The summed E-state index contributed by atoms with van der Waals surface area (Å²) in [6.07, 6.45) is 22.3. The summed E-state index contributed by atoms with van der Waals surface area (Å²) in [5.41, 5.74) is 5.43. The highest BCUT2D eigenvalue weighted by Gasteiger charge is 2.21. The molecule has 1 fully saturated rings. The van der Waals surface area contributed by atoms with Gasteiger partial charge in [-0.15, -0.1) is 0 Å². The largest absolute Gasteiger partial charge is 0.673 e. The van der Waals surface area contributed by atoms with Gasteiger partial charge < -0.3 is 17.3 Å². The molecule has 31 heavy (non-hydrogen) atoms. The number of nitrogens with zero attached hydrogens (tertiary/aromatic N) is 2. The number of hydrogen-bond donors (Lipinski definition) is 0. The fourth-order valence-electron chi connectivity index (χ4n) is 4.74. The van der Waals surface area contributed by atoms with E-state index in [1.165, 1.54) is 93.0 Å². The van der Waals surface area contributed by atoms with Crippen LogP contribution in [0.15, 0.2) is 30.9 Å². The second-order valence-corrected chi connectivity index (χ2v) is 8.92. The van der Waals surface area contributed by atoms with E-state index in [-0.39, 0.29) is 0 Å². The summed E-state index contributed by atoms with van der Waals surface area (Å²) in [7, 11) is -6.00. The van der Waals surface area contributed by atoms with E-state index in [2.05, 4.69) is 60.8 Å². The van der Waals surface area contributed by atoms with Crippen molar-refractivity contribution in [3.8, 4) is 5.69 Å². The summed E-state index contributed by atoms with van der Waals surface area (Å²) in [6, 6.07) is 5.26. The third-order valence-electron chi connectivity index (χ3n) is 6.05. The van der Waals surface area contributed by atoms with Gasteiger partial charge in [-0.2, -0.15) is 0 Å². The number of halogens is 4. The van der Waals surface area contributed by atoms with Crippen molar-refractivity contribution in [2.75, 3.05) is 0 Å². The van der Waals surface area contributed by atoms with Gasteiger partial charge in [-0.25, -0.2) is 9.13 Å². The lowest BCUT2D eigenvalue weighted by atomic mass is 9.98. The fraction of sp³-hybridized carbons (Fsp3) is 0.625. The normalized spacial score (nSPS) is 17.3. The third kappa shape index (κ3) is 9.48. The predicted molar refractivity (Wildman–Crippen MR) is 120 cm³/mol. The number of hydrogen-bond acceptors (Lipinski definition) is 0. The lowest BCUT2D eigenvalue weighted by molar-refractivity contribution is -0.723. The molecule has 2 nitrogen and oxygen atoms in total. The summed E-state index contributed by atoms with van der Waals surface area (Å²) < 4.78 is 43.8. The van der Waals surface area contributed by atoms with Crippen molar-refractivity contribution in [2.24, 2.45) is 0 Å². The van der Waals surface area contributed by atoms with Crippen LogP contribution in [0.25, 0.3) is 5.69 Å². The molecular weight excluding hydrogens is 403 g/mol. The molecule has 1 saturated carbocycles. The lowest BCUT2D eigenvalue weighted by Crippen LogP contribution is -2.37. The van der Waals surface area contributed by atoms with Crippen LogP contribution in [0, 0.1) is 20.8 Å². The number of imidazole rings is 1. The molecule has 1 aliphatic rings. The molecule has 1 aliphatic carbocycles. The van der Waals surface area contributed by atoms with Crippen molar-refractivity contribution in [3.63, 3.8) is 0 Å². The molecule has 1 aromatic carbocycles. The molecule has 0 unspecified atom stereocenters. The van der Waals surface area contributed by atoms with Gasteiger partial charge in [0.15, 0.2) is 0 Å². The highest BCUT2D eigenvalue weighted by Crippen LogP contribution is 2.23. The van der Waals surface area contributed by atoms with Crippen LogP contribution in [0.2, 0.25) is 0 Å². The molecule has 0 spiro atoms. The van der Waals surface area contributed by atoms with Gasteiger partial charge in [0, 0.05) is 0 Å². The first-order valence-electron chi connectivity index (χ1n) is 11.7. The average molecular weight is 440 g/mol. The van der Waals surface area contributed by atoms with Gasteiger partial charge in [0.05, 0.1) is 0 Å². The first-order valence-corrected chi connectivity index (χ1v) is 11.7. The highest BCUT2D eigenvalue weighted by atomic mass is 19.5. The van der Waals surface area contributed by atoms with Crippen LogP contribution in [0.4, 0.5) is 17.3 Å². The summed E-state index contributed by atoms with van der Waals surface area (Å²) in [5.74, 6) is 0. The predicted octanol–water partition coefficient (Wildman–Crippen LogP) is 7.84. The van der Waals surface area contributed by atoms with Gasteiger partial charge in [-0.3, -0.25) is 0 Å². The Morgan fingerprint density at radius 3 is 1.65 bits per heavy atom. The molecule has 0 atom stereocenters. The van der Waals surface area contributed by atoms with Crippen LogP contribution in [0.1, 0.15) is 93.4 Å².